The molecule has 4 nitrogen and oxygen atoms in total. The molecule has 5 heteroatoms. The van der Waals surface area contributed by atoms with Gasteiger partial charge < -0.3 is 4.57 Å². The van der Waals surface area contributed by atoms with Crippen LogP contribution < -0.4 is 0 Å². The summed E-state index contributed by atoms with van der Waals surface area (Å²) in [6.07, 6.45) is 0. The molecule has 0 radical (unpaired) electrons. The van der Waals surface area contributed by atoms with Gasteiger partial charge in [-0.25, -0.2) is 15.0 Å². The summed E-state index contributed by atoms with van der Waals surface area (Å²) in [6, 6.07) is 96.8. The smallest absolute Gasteiger partial charge is 0.164 e. The summed E-state index contributed by atoms with van der Waals surface area (Å²) in [7, 11) is 0. The van der Waals surface area contributed by atoms with E-state index in [1.54, 1.807) is 11.3 Å². The Labute approximate surface area is 438 Å². The van der Waals surface area contributed by atoms with Crippen LogP contribution in [0.4, 0.5) is 0 Å². The van der Waals surface area contributed by atoms with Gasteiger partial charge in [0, 0.05) is 53.3 Å². The van der Waals surface area contributed by atoms with E-state index in [0.29, 0.717) is 17.5 Å². The van der Waals surface area contributed by atoms with Crippen molar-refractivity contribution < 1.29 is 0 Å². The summed E-state index contributed by atoms with van der Waals surface area (Å²) < 4.78 is 4.82. The standard InChI is InChI=1S/C70H44N4S/c1-6-19-45(20-7-1)67-71-68(46-21-8-2-9-22-46)73-69(72-67)56-30-18-32-65-66(56)59-43-49(36-40-64(59)75-65)47-34-38-62-57(41-47)58-42-48(35-39-63(58)74(62)53-27-14-5-15-28-53)50-33-37-55-54-29-16-17-31-60(54)70(61(55)44-50,51-23-10-3-11-24-51)52-25-12-4-13-26-52/h1-44H. The second kappa shape index (κ2) is 17.3. The molecule has 0 saturated carbocycles. The molecule has 0 saturated heterocycles. The highest BCUT2D eigenvalue weighted by molar-refractivity contribution is 7.26. The molecule has 3 heterocycles. The van der Waals surface area contributed by atoms with E-state index in [0.717, 1.165) is 44.4 Å². The maximum Gasteiger partial charge on any atom is 0.164 e. The van der Waals surface area contributed by atoms with Crippen molar-refractivity contribution in [2.75, 3.05) is 0 Å². The molecule has 75 heavy (non-hydrogen) atoms. The summed E-state index contributed by atoms with van der Waals surface area (Å²) in [6.45, 7) is 0. The van der Waals surface area contributed by atoms with Crippen LogP contribution in [-0.4, -0.2) is 19.5 Å². The number of nitrogens with zero attached hydrogens (tertiary/aromatic N) is 4. The third-order valence-corrected chi connectivity index (χ3v) is 16.5. The number of thiophene rings is 1. The zero-order chi connectivity index (χ0) is 49.5. The molecule has 0 amide bonds. The molecule has 3 aromatic heterocycles. The highest BCUT2D eigenvalue weighted by Crippen LogP contribution is 2.57. The molecule has 1 aliphatic carbocycles. The van der Waals surface area contributed by atoms with Gasteiger partial charge in [0.15, 0.2) is 17.5 Å². The molecule has 11 aromatic carbocycles. The van der Waals surface area contributed by atoms with Gasteiger partial charge in [-0.05, 0) is 116 Å². The summed E-state index contributed by atoms with van der Waals surface area (Å²) in [5.74, 6) is 1.96. The lowest BCUT2D eigenvalue weighted by molar-refractivity contribution is 0.769. The van der Waals surface area contributed by atoms with Crippen molar-refractivity contribution in [1.29, 1.82) is 0 Å². The van der Waals surface area contributed by atoms with Crippen LogP contribution in [0.2, 0.25) is 0 Å². The molecule has 0 bridgehead atoms. The minimum Gasteiger partial charge on any atom is -0.309 e. The minimum atomic E-state index is -0.482. The van der Waals surface area contributed by atoms with Gasteiger partial charge in [-0.2, -0.15) is 0 Å². The molecule has 14 aromatic rings. The molecule has 0 N–H and O–H groups in total. The maximum absolute atomic E-state index is 5.18. The molecule has 0 atom stereocenters. The van der Waals surface area contributed by atoms with E-state index in [-0.39, 0.29) is 0 Å². The van der Waals surface area contributed by atoms with E-state index in [2.05, 4.69) is 235 Å². The van der Waals surface area contributed by atoms with Crippen LogP contribution in [0.5, 0.6) is 0 Å². The first-order valence-electron chi connectivity index (χ1n) is 25.5. The fraction of sp³-hybridized carbons (Fsp3) is 0.0143. The number of aromatic nitrogens is 4. The van der Waals surface area contributed by atoms with Gasteiger partial charge in [-0.3, -0.25) is 0 Å². The van der Waals surface area contributed by atoms with Crippen molar-refractivity contribution in [3.8, 4) is 73.2 Å². The minimum absolute atomic E-state index is 0.482. The Morgan fingerprint density at radius 1 is 0.307 bits per heavy atom. The average Bonchev–Trinajstić information content (AvgIpc) is 4.14. The lowest BCUT2D eigenvalue weighted by atomic mass is 9.67. The second-order valence-corrected chi connectivity index (χ2v) is 20.5. The number of rotatable bonds is 8. The van der Waals surface area contributed by atoms with Gasteiger partial charge in [0.05, 0.1) is 16.4 Å². The van der Waals surface area contributed by atoms with Crippen LogP contribution in [0.15, 0.2) is 267 Å². The van der Waals surface area contributed by atoms with Gasteiger partial charge in [0.1, 0.15) is 0 Å². The predicted molar refractivity (Wildman–Crippen MR) is 312 cm³/mol. The summed E-state index contributed by atoms with van der Waals surface area (Å²) in [5, 5.41) is 4.74. The number of hydrogen-bond acceptors (Lipinski definition) is 4. The van der Waals surface area contributed by atoms with Gasteiger partial charge in [-0.15, -0.1) is 11.3 Å². The Hall–Kier alpha value is -9.55. The summed E-state index contributed by atoms with van der Waals surface area (Å²) in [4.78, 5) is 15.4. The first-order chi connectivity index (χ1) is 37.2. The molecular weight excluding hydrogens is 929 g/mol. The number of fused-ring (bicyclic) bond motifs is 9. The van der Waals surface area contributed by atoms with E-state index in [1.165, 1.54) is 75.6 Å². The van der Waals surface area contributed by atoms with Gasteiger partial charge in [0.25, 0.3) is 0 Å². The Kier molecular flexibility index (Phi) is 9.94. The van der Waals surface area contributed by atoms with Crippen molar-refractivity contribution in [2.45, 2.75) is 5.41 Å². The van der Waals surface area contributed by atoms with E-state index in [9.17, 15) is 0 Å². The first kappa shape index (κ1) is 43.1. The van der Waals surface area contributed by atoms with Crippen LogP contribution in [0, 0.1) is 0 Å². The quantitative estimate of drug-likeness (QED) is 0.152. The Morgan fingerprint density at radius 3 is 1.39 bits per heavy atom. The largest absolute Gasteiger partial charge is 0.309 e. The highest BCUT2D eigenvalue weighted by atomic mass is 32.1. The third kappa shape index (κ3) is 6.86. The lowest BCUT2D eigenvalue weighted by Crippen LogP contribution is -2.28. The van der Waals surface area contributed by atoms with Crippen LogP contribution in [0.25, 0.3) is 115 Å². The van der Waals surface area contributed by atoms with E-state index >= 15 is 0 Å². The van der Waals surface area contributed by atoms with Crippen molar-refractivity contribution in [3.05, 3.63) is 289 Å². The van der Waals surface area contributed by atoms with Gasteiger partial charge >= 0.3 is 0 Å². The van der Waals surface area contributed by atoms with Gasteiger partial charge in [-0.1, -0.05) is 206 Å². The molecule has 0 fully saturated rings. The van der Waals surface area contributed by atoms with Crippen molar-refractivity contribution >= 4 is 53.3 Å². The number of hydrogen-bond donors (Lipinski definition) is 0. The SMILES string of the molecule is c1ccc(-c2nc(-c3ccccc3)nc(-c3cccc4sc5ccc(-c6ccc7c(c6)c6cc(-c8ccc9c(c8)C(c8ccccc8)(c8ccccc8)c8ccccc8-9)ccc6n7-c6ccccc6)cc5c34)n2)cc1. The zero-order valence-corrected chi connectivity index (χ0v) is 41.4. The van der Waals surface area contributed by atoms with Crippen LogP contribution in [0.1, 0.15) is 22.3 Å². The van der Waals surface area contributed by atoms with E-state index < -0.39 is 5.41 Å². The summed E-state index contributed by atoms with van der Waals surface area (Å²) >= 11 is 1.81. The van der Waals surface area contributed by atoms with E-state index in [1.807, 2.05) is 36.4 Å². The number of para-hydroxylation sites is 1. The summed E-state index contributed by atoms with van der Waals surface area (Å²) in [5.41, 5.74) is 18.2. The Balaban J connectivity index is 0.900. The lowest BCUT2D eigenvalue weighted by Gasteiger charge is -2.34. The fourth-order valence-electron chi connectivity index (χ4n) is 12.0. The molecule has 0 spiro atoms. The predicted octanol–water partition coefficient (Wildman–Crippen LogP) is 18.0. The van der Waals surface area contributed by atoms with Crippen molar-refractivity contribution in [2.24, 2.45) is 0 Å². The fourth-order valence-corrected chi connectivity index (χ4v) is 13.1. The number of benzene rings is 11. The topological polar surface area (TPSA) is 43.6 Å². The first-order valence-corrected chi connectivity index (χ1v) is 26.3. The molecule has 1 aliphatic rings. The Bertz CT molecular complexity index is 4410. The van der Waals surface area contributed by atoms with Crippen LogP contribution in [0.3, 0.4) is 0 Å². The van der Waals surface area contributed by atoms with Crippen LogP contribution >= 0.6 is 11.3 Å². The molecule has 0 unspecified atom stereocenters. The monoisotopic (exact) mass is 972 g/mol. The van der Waals surface area contributed by atoms with Gasteiger partial charge in [0.2, 0.25) is 0 Å². The van der Waals surface area contributed by atoms with Crippen LogP contribution in [-0.2, 0) is 5.41 Å². The Morgan fingerprint density at radius 2 is 0.773 bits per heavy atom. The van der Waals surface area contributed by atoms with Crippen molar-refractivity contribution in [3.63, 3.8) is 0 Å². The average molecular weight is 973 g/mol. The normalized spacial score (nSPS) is 12.6. The van der Waals surface area contributed by atoms with E-state index in [4.69, 9.17) is 15.0 Å². The molecule has 350 valence electrons. The van der Waals surface area contributed by atoms with Crippen molar-refractivity contribution in [1.82, 2.24) is 19.5 Å². The molecule has 15 rings (SSSR count). The maximum atomic E-state index is 5.18. The second-order valence-electron chi connectivity index (χ2n) is 19.5. The third-order valence-electron chi connectivity index (χ3n) is 15.3. The highest BCUT2D eigenvalue weighted by Gasteiger charge is 2.46. The molecule has 0 aliphatic heterocycles. The zero-order valence-electron chi connectivity index (χ0n) is 40.6. The molecular formula is C70H44N4S.